The van der Waals surface area contributed by atoms with E-state index in [1.165, 1.54) is 6.07 Å². The van der Waals surface area contributed by atoms with E-state index >= 15 is 0 Å². The van der Waals surface area contributed by atoms with E-state index in [0.29, 0.717) is 0 Å². The number of hydrogen-bond donors (Lipinski definition) is 2. The van der Waals surface area contributed by atoms with Crippen molar-refractivity contribution in [2.45, 2.75) is 25.7 Å². The third-order valence-corrected chi connectivity index (χ3v) is 2.74. The molecule has 1 rings (SSSR count). The van der Waals surface area contributed by atoms with Crippen LogP contribution in [0.3, 0.4) is 0 Å². The molecule has 1 amide bonds. The van der Waals surface area contributed by atoms with Crippen LogP contribution in [0.1, 0.15) is 25.8 Å². The summed E-state index contributed by atoms with van der Waals surface area (Å²) >= 11 is 0. The van der Waals surface area contributed by atoms with Crippen LogP contribution in [-0.2, 0) is 15.0 Å². The highest BCUT2D eigenvalue weighted by molar-refractivity contribution is 5.87. The Morgan fingerprint density at radius 1 is 1.33 bits per heavy atom. The second-order valence-corrected chi connectivity index (χ2v) is 4.50. The van der Waals surface area contributed by atoms with Gasteiger partial charge < -0.3 is 10.4 Å². The Morgan fingerprint density at radius 3 is 2.50 bits per heavy atom. The molecule has 0 spiro atoms. The number of hydrogen-bond acceptors (Lipinski definition) is 2. The highest BCUT2D eigenvalue weighted by atomic mass is 19.1. The largest absolute Gasteiger partial charge is 0.481 e. The first kappa shape index (κ1) is 14.2. The fourth-order valence-corrected chi connectivity index (χ4v) is 1.59. The molecular weight excluding hydrogens is 237 g/mol. The molecule has 0 bridgehead atoms. The average molecular weight is 253 g/mol. The Kier molecular flexibility index (Phi) is 4.42. The lowest BCUT2D eigenvalue weighted by Gasteiger charge is -2.24. The van der Waals surface area contributed by atoms with Crippen LogP contribution in [0.5, 0.6) is 0 Å². The van der Waals surface area contributed by atoms with E-state index in [2.05, 4.69) is 5.32 Å². The van der Waals surface area contributed by atoms with Crippen molar-refractivity contribution in [1.82, 2.24) is 5.32 Å². The Bertz CT molecular complexity index is 457. The molecule has 0 fully saturated rings. The van der Waals surface area contributed by atoms with Gasteiger partial charge in [0.05, 0.1) is 11.8 Å². The molecule has 0 aliphatic heterocycles. The van der Waals surface area contributed by atoms with Crippen molar-refractivity contribution < 1.29 is 19.1 Å². The molecule has 5 heteroatoms. The van der Waals surface area contributed by atoms with Crippen molar-refractivity contribution in [3.05, 3.63) is 35.6 Å². The number of halogens is 1. The fraction of sp³-hybridized carbons (Fsp3) is 0.385. The first-order valence-electron chi connectivity index (χ1n) is 5.61. The molecule has 0 aliphatic rings. The fourth-order valence-electron chi connectivity index (χ4n) is 1.59. The summed E-state index contributed by atoms with van der Waals surface area (Å²) in [6, 6.07) is 6.05. The summed E-state index contributed by atoms with van der Waals surface area (Å²) in [5.41, 5.74) is -0.748. The zero-order chi connectivity index (χ0) is 13.8. The van der Waals surface area contributed by atoms with Crippen molar-refractivity contribution >= 4 is 11.9 Å². The van der Waals surface area contributed by atoms with E-state index in [0.717, 1.165) is 0 Å². The SMILES string of the molecule is CC(C)(C(=O)NCCC(=O)O)c1ccccc1F. The van der Waals surface area contributed by atoms with E-state index in [4.69, 9.17) is 5.11 Å². The van der Waals surface area contributed by atoms with Crippen LogP contribution in [0.25, 0.3) is 0 Å². The van der Waals surface area contributed by atoms with E-state index < -0.39 is 23.1 Å². The molecule has 0 unspecified atom stereocenters. The molecule has 2 N–H and O–H groups in total. The molecular formula is C13H16FNO3. The lowest BCUT2D eigenvalue weighted by atomic mass is 9.83. The summed E-state index contributed by atoms with van der Waals surface area (Å²) in [5.74, 6) is -1.83. The monoisotopic (exact) mass is 253 g/mol. The maximum atomic E-state index is 13.6. The Morgan fingerprint density at radius 2 is 1.94 bits per heavy atom. The lowest BCUT2D eigenvalue weighted by molar-refractivity contribution is -0.137. The number of carboxylic acid groups (broad SMARTS) is 1. The van der Waals surface area contributed by atoms with Gasteiger partial charge in [0.1, 0.15) is 5.82 Å². The molecule has 0 aromatic heterocycles. The summed E-state index contributed by atoms with van der Waals surface area (Å²) in [5, 5.41) is 11.0. The lowest BCUT2D eigenvalue weighted by Crippen LogP contribution is -2.41. The number of aliphatic carboxylic acids is 1. The summed E-state index contributed by atoms with van der Waals surface area (Å²) in [6.45, 7) is 3.23. The van der Waals surface area contributed by atoms with E-state index in [1.807, 2.05) is 0 Å². The van der Waals surface area contributed by atoms with Crippen molar-refractivity contribution in [2.75, 3.05) is 6.54 Å². The second-order valence-electron chi connectivity index (χ2n) is 4.50. The quantitative estimate of drug-likeness (QED) is 0.839. The number of carbonyl (C=O) groups excluding carboxylic acids is 1. The molecule has 0 atom stereocenters. The van der Waals surface area contributed by atoms with Gasteiger partial charge >= 0.3 is 5.97 Å². The van der Waals surface area contributed by atoms with Gasteiger partial charge in [-0.15, -0.1) is 0 Å². The zero-order valence-electron chi connectivity index (χ0n) is 10.4. The van der Waals surface area contributed by atoms with Crippen molar-refractivity contribution in [1.29, 1.82) is 0 Å². The molecule has 1 aromatic carbocycles. The van der Waals surface area contributed by atoms with Crippen LogP contribution in [0.4, 0.5) is 4.39 Å². The van der Waals surface area contributed by atoms with Gasteiger partial charge in [-0.2, -0.15) is 0 Å². The van der Waals surface area contributed by atoms with Gasteiger partial charge in [-0.3, -0.25) is 9.59 Å². The summed E-state index contributed by atoms with van der Waals surface area (Å²) in [4.78, 5) is 22.3. The predicted octanol–water partition coefficient (Wildman–Crippen LogP) is 1.69. The molecule has 0 saturated heterocycles. The smallest absolute Gasteiger partial charge is 0.305 e. The highest BCUT2D eigenvalue weighted by Gasteiger charge is 2.31. The predicted molar refractivity (Wildman–Crippen MR) is 64.7 cm³/mol. The third-order valence-electron chi connectivity index (χ3n) is 2.74. The molecule has 0 heterocycles. The zero-order valence-corrected chi connectivity index (χ0v) is 10.4. The third kappa shape index (κ3) is 3.29. The van der Waals surface area contributed by atoms with Gasteiger partial charge in [0.15, 0.2) is 0 Å². The van der Waals surface area contributed by atoms with Gasteiger partial charge in [0.25, 0.3) is 0 Å². The van der Waals surface area contributed by atoms with Crippen molar-refractivity contribution in [3.63, 3.8) is 0 Å². The molecule has 0 radical (unpaired) electrons. The maximum Gasteiger partial charge on any atom is 0.305 e. The van der Waals surface area contributed by atoms with Crippen LogP contribution >= 0.6 is 0 Å². The van der Waals surface area contributed by atoms with Crippen LogP contribution < -0.4 is 5.32 Å². The molecule has 18 heavy (non-hydrogen) atoms. The van der Waals surface area contributed by atoms with E-state index in [9.17, 15) is 14.0 Å². The standard InChI is InChI=1S/C13H16FNO3/c1-13(2,9-5-3-4-6-10(9)14)12(18)15-8-7-11(16)17/h3-6H,7-8H2,1-2H3,(H,15,18)(H,16,17). The second kappa shape index (κ2) is 5.62. The summed E-state index contributed by atoms with van der Waals surface area (Å²) in [7, 11) is 0. The topological polar surface area (TPSA) is 66.4 Å². The van der Waals surface area contributed by atoms with Crippen LogP contribution in [0, 0.1) is 5.82 Å². The van der Waals surface area contributed by atoms with Crippen LogP contribution in [0.2, 0.25) is 0 Å². The summed E-state index contributed by atoms with van der Waals surface area (Å²) < 4.78 is 13.6. The molecule has 98 valence electrons. The molecule has 0 aliphatic carbocycles. The number of benzene rings is 1. The minimum atomic E-state index is -1.04. The highest BCUT2D eigenvalue weighted by Crippen LogP contribution is 2.25. The van der Waals surface area contributed by atoms with Gasteiger partial charge in [-0.05, 0) is 19.9 Å². The number of nitrogens with one attached hydrogen (secondary N) is 1. The number of carboxylic acids is 1. The van der Waals surface area contributed by atoms with Crippen molar-refractivity contribution in [2.24, 2.45) is 0 Å². The van der Waals surface area contributed by atoms with Crippen molar-refractivity contribution in [3.8, 4) is 0 Å². The normalized spacial score (nSPS) is 11.1. The number of rotatable bonds is 5. The molecule has 0 saturated carbocycles. The van der Waals surface area contributed by atoms with Gasteiger partial charge in [-0.25, -0.2) is 4.39 Å². The minimum Gasteiger partial charge on any atom is -0.481 e. The first-order chi connectivity index (χ1) is 8.35. The van der Waals surface area contributed by atoms with E-state index in [1.54, 1.807) is 32.0 Å². The maximum absolute atomic E-state index is 13.6. The molecule has 1 aromatic rings. The van der Waals surface area contributed by atoms with Gasteiger partial charge in [0, 0.05) is 12.1 Å². The van der Waals surface area contributed by atoms with E-state index in [-0.39, 0.29) is 18.5 Å². The molecule has 4 nitrogen and oxygen atoms in total. The van der Waals surface area contributed by atoms with Crippen LogP contribution in [-0.4, -0.2) is 23.5 Å². The summed E-state index contributed by atoms with van der Waals surface area (Å²) in [6.07, 6.45) is -0.154. The number of amides is 1. The average Bonchev–Trinajstić information content (AvgIpc) is 2.28. The first-order valence-corrected chi connectivity index (χ1v) is 5.61. The Hall–Kier alpha value is -1.91. The Labute approximate surface area is 105 Å². The Balaban J connectivity index is 2.77. The van der Waals surface area contributed by atoms with Gasteiger partial charge in [-0.1, -0.05) is 18.2 Å². The number of carbonyl (C=O) groups is 2. The van der Waals surface area contributed by atoms with Crippen LogP contribution in [0.15, 0.2) is 24.3 Å². The minimum absolute atomic E-state index is 0.0338. The van der Waals surface area contributed by atoms with Gasteiger partial charge in [0.2, 0.25) is 5.91 Å².